The van der Waals surface area contributed by atoms with Crippen LogP contribution in [0.25, 0.3) is 5.69 Å². The van der Waals surface area contributed by atoms with Crippen LogP contribution in [0.1, 0.15) is 12.0 Å². The van der Waals surface area contributed by atoms with Crippen molar-refractivity contribution in [1.82, 2.24) is 25.2 Å². The molecule has 1 aliphatic heterocycles. The lowest BCUT2D eigenvalue weighted by molar-refractivity contribution is -0.302. The first-order chi connectivity index (χ1) is 11.3. The van der Waals surface area contributed by atoms with Gasteiger partial charge in [-0.3, -0.25) is 4.79 Å². The van der Waals surface area contributed by atoms with Crippen molar-refractivity contribution in [2.75, 3.05) is 0 Å². The van der Waals surface area contributed by atoms with Crippen molar-refractivity contribution in [3.05, 3.63) is 36.2 Å². The monoisotopic (exact) mass is 340 g/mol. The standard InChI is InChI=1S/C13H11F3N6O2/c14-13(15,16)12(24)5-6-18-22(12)11(23)7-9-1-3-10(4-2-9)21-8-17-19-20-21/h1-4,6,8,24H,5,7H2/t12-/m1/s1. The van der Waals surface area contributed by atoms with E-state index in [0.717, 1.165) is 6.21 Å². The van der Waals surface area contributed by atoms with E-state index in [4.69, 9.17) is 0 Å². The number of hydrogen-bond donors (Lipinski definition) is 1. The highest BCUT2D eigenvalue weighted by molar-refractivity contribution is 5.82. The van der Waals surface area contributed by atoms with E-state index in [1.54, 1.807) is 24.3 Å². The fourth-order valence-electron chi connectivity index (χ4n) is 2.23. The molecule has 1 amide bonds. The van der Waals surface area contributed by atoms with Gasteiger partial charge in [0.05, 0.1) is 12.1 Å². The number of alkyl halides is 3. The summed E-state index contributed by atoms with van der Waals surface area (Å²) in [5, 5.41) is 23.8. The second kappa shape index (κ2) is 5.67. The van der Waals surface area contributed by atoms with Gasteiger partial charge < -0.3 is 5.11 Å². The SMILES string of the molecule is O=C(Cc1ccc(-n2cnnn2)cc1)N1N=CC[C@@]1(O)C(F)(F)F. The number of aliphatic hydroxyl groups is 1. The molecule has 2 aromatic rings. The van der Waals surface area contributed by atoms with E-state index < -0.39 is 24.2 Å². The number of halogens is 3. The Labute approximate surface area is 133 Å². The summed E-state index contributed by atoms with van der Waals surface area (Å²) in [5.74, 6) is -0.959. The molecule has 126 valence electrons. The maximum Gasteiger partial charge on any atom is 0.438 e. The molecule has 8 nitrogen and oxygen atoms in total. The van der Waals surface area contributed by atoms with Crippen LogP contribution in [0.3, 0.4) is 0 Å². The van der Waals surface area contributed by atoms with E-state index in [1.807, 2.05) is 0 Å². The van der Waals surface area contributed by atoms with E-state index in [1.165, 1.54) is 11.0 Å². The van der Waals surface area contributed by atoms with Gasteiger partial charge in [-0.05, 0) is 28.1 Å². The first-order valence-electron chi connectivity index (χ1n) is 6.78. The lowest BCUT2D eigenvalue weighted by atomic mass is 10.1. The second-order valence-electron chi connectivity index (χ2n) is 5.12. The Morgan fingerprint density at radius 1 is 1.29 bits per heavy atom. The van der Waals surface area contributed by atoms with E-state index >= 15 is 0 Å². The molecule has 0 bridgehead atoms. The Morgan fingerprint density at radius 2 is 2.00 bits per heavy atom. The van der Waals surface area contributed by atoms with Gasteiger partial charge in [0.2, 0.25) is 5.91 Å². The van der Waals surface area contributed by atoms with Gasteiger partial charge in [-0.15, -0.1) is 5.10 Å². The summed E-state index contributed by atoms with van der Waals surface area (Å²) in [6, 6.07) is 6.34. The number of aromatic nitrogens is 4. The molecule has 0 fully saturated rings. The summed E-state index contributed by atoms with van der Waals surface area (Å²) >= 11 is 0. The lowest BCUT2D eigenvalue weighted by Crippen LogP contribution is -2.56. The zero-order chi connectivity index (χ0) is 17.4. The minimum atomic E-state index is -5.00. The predicted molar refractivity (Wildman–Crippen MR) is 73.8 cm³/mol. The van der Waals surface area contributed by atoms with Crippen LogP contribution < -0.4 is 0 Å². The number of benzene rings is 1. The molecule has 1 aromatic heterocycles. The maximum atomic E-state index is 13.0. The molecular formula is C13H11F3N6O2. The van der Waals surface area contributed by atoms with Gasteiger partial charge in [0.15, 0.2) is 0 Å². The van der Waals surface area contributed by atoms with Gasteiger partial charge in [0.25, 0.3) is 5.72 Å². The Hall–Kier alpha value is -2.82. The highest BCUT2D eigenvalue weighted by Gasteiger charge is 2.61. The predicted octanol–water partition coefficient (Wildman–Crippen LogP) is 0.674. The molecule has 0 aliphatic carbocycles. The lowest BCUT2D eigenvalue weighted by Gasteiger charge is -2.32. The zero-order valence-electron chi connectivity index (χ0n) is 12.1. The molecule has 1 aromatic carbocycles. The first-order valence-corrected chi connectivity index (χ1v) is 6.78. The van der Waals surface area contributed by atoms with Gasteiger partial charge in [0.1, 0.15) is 6.33 Å². The number of carbonyl (C=O) groups excluding carboxylic acids is 1. The summed E-state index contributed by atoms with van der Waals surface area (Å²) in [6.45, 7) is 0. The van der Waals surface area contributed by atoms with Gasteiger partial charge in [0, 0.05) is 12.6 Å². The first kappa shape index (κ1) is 16.1. The van der Waals surface area contributed by atoms with Crippen molar-refractivity contribution in [2.24, 2.45) is 5.10 Å². The van der Waals surface area contributed by atoms with E-state index in [9.17, 15) is 23.1 Å². The Bertz CT molecular complexity index is 759. The van der Waals surface area contributed by atoms with Crippen LogP contribution in [0.15, 0.2) is 35.7 Å². The van der Waals surface area contributed by atoms with Gasteiger partial charge in [-0.2, -0.15) is 23.3 Å². The van der Waals surface area contributed by atoms with Crippen LogP contribution in [-0.4, -0.2) is 54.3 Å². The normalized spacial score (nSPS) is 20.6. The summed E-state index contributed by atoms with van der Waals surface area (Å²) in [5.41, 5.74) is -2.21. The van der Waals surface area contributed by atoms with Crippen molar-refractivity contribution in [2.45, 2.75) is 24.7 Å². The van der Waals surface area contributed by atoms with Crippen molar-refractivity contribution in [3.63, 3.8) is 0 Å². The fraction of sp³-hybridized carbons (Fsp3) is 0.308. The highest BCUT2D eigenvalue weighted by Crippen LogP contribution is 2.38. The Morgan fingerprint density at radius 3 is 2.58 bits per heavy atom. The Balaban J connectivity index is 1.74. The summed E-state index contributed by atoms with van der Waals surface area (Å²) in [7, 11) is 0. The summed E-state index contributed by atoms with van der Waals surface area (Å²) in [4.78, 5) is 12.1. The van der Waals surface area contributed by atoms with Crippen molar-refractivity contribution in [1.29, 1.82) is 0 Å². The average molecular weight is 340 g/mol. The summed E-state index contributed by atoms with van der Waals surface area (Å²) < 4.78 is 40.3. The van der Waals surface area contributed by atoms with E-state index in [0.29, 0.717) is 11.3 Å². The van der Waals surface area contributed by atoms with Crippen molar-refractivity contribution in [3.8, 4) is 5.69 Å². The zero-order valence-corrected chi connectivity index (χ0v) is 12.1. The molecule has 0 saturated carbocycles. The average Bonchev–Trinajstić information content (AvgIpc) is 3.17. The molecule has 1 aliphatic rings. The topological polar surface area (TPSA) is 96.5 Å². The largest absolute Gasteiger partial charge is 0.438 e. The molecule has 0 unspecified atom stereocenters. The van der Waals surface area contributed by atoms with Gasteiger partial charge >= 0.3 is 6.18 Å². The van der Waals surface area contributed by atoms with Crippen molar-refractivity contribution < 1.29 is 23.1 Å². The molecule has 0 spiro atoms. The molecule has 1 atom stereocenters. The molecule has 3 rings (SSSR count). The van der Waals surface area contributed by atoms with Crippen LogP contribution in [-0.2, 0) is 11.2 Å². The van der Waals surface area contributed by atoms with Crippen LogP contribution in [0.4, 0.5) is 13.2 Å². The third-order valence-corrected chi connectivity index (χ3v) is 3.52. The minimum Gasteiger partial charge on any atom is -0.362 e. The van der Waals surface area contributed by atoms with E-state index in [-0.39, 0.29) is 11.4 Å². The number of nitrogens with zero attached hydrogens (tertiary/aromatic N) is 6. The van der Waals surface area contributed by atoms with Crippen molar-refractivity contribution >= 4 is 12.1 Å². The highest BCUT2D eigenvalue weighted by atomic mass is 19.4. The summed E-state index contributed by atoms with van der Waals surface area (Å²) in [6.07, 6.45) is -3.88. The maximum absolute atomic E-state index is 13.0. The smallest absolute Gasteiger partial charge is 0.362 e. The molecule has 0 saturated heterocycles. The third kappa shape index (κ3) is 2.73. The quantitative estimate of drug-likeness (QED) is 0.886. The molecular weight excluding hydrogens is 329 g/mol. The van der Waals surface area contributed by atoms with Gasteiger partial charge in [-0.25, -0.2) is 4.68 Å². The molecule has 0 radical (unpaired) electrons. The number of amides is 1. The number of tetrazole rings is 1. The molecule has 24 heavy (non-hydrogen) atoms. The van der Waals surface area contributed by atoms with Crippen LogP contribution in [0.5, 0.6) is 0 Å². The number of hydrogen-bond acceptors (Lipinski definition) is 6. The third-order valence-electron chi connectivity index (χ3n) is 3.52. The minimum absolute atomic E-state index is 0.0856. The molecule has 2 heterocycles. The van der Waals surface area contributed by atoms with E-state index in [2.05, 4.69) is 20.6 Å². The molecule has 11 heteroatoms. The van der Waals surface area contributed by atoms with Crippen LogP contribution >= 0.6 is 0 Å². The van der Waals surface area contributed by atoms with Gasteiger partial charge in [-0.1, -0.05) is 12.1 Å². The number of rotatable bonds is 3. The molecule has 1 N–H and O–H groups in total. The fourth-order valence-corrected chi connectivity index (χ4v) is 2.23. The number of carbonyl (C=O) groups is 1. The Kier molecular flexibility index (Phi) is 3.79. The number of hydrazone groups is 1. The van der Waals surface area contributed by atoms with Crippen LogP contribution in [0, 0.1) is 0 Å². The second-order valence-corrected chi connectivity index (χ2v) is 5.12. The van der Waals surface area contributed by atoms with Crippen LogP contribution in [0.2, 0.25) is 0 Å².